The van der Waals surface area contributed by atoms with Gasteiger partial charge in [0.05, 0.1) is 25.0 Å². The minimum atomic E-state index is -0.470. The number of hydrogen-bond acceptors (Lipinski definition) is 4. The molecule has 0 amide bonds. The molecule has 2 N–H and O–H groups in total. The first kappa shape index (κ1) is 9.85. The topological polar surface area (TPSA) is 58.0 Å². The van der Waals surface area contributed by atoms with Crippen LogP contribution < -0.4 is 5.32 Å². The van der Waals surface area contributed by atoms with Crippen LogP contribution in [0.1, 0.15) is 13.3 Å². The Morgan fingerprint density at radius 2 is 2.15 bits per heavy atom. The van der Waals surface area contributed by atoms with E-state index in [1.165, 1.54) is 0 Å². The summed E-state index contributed by atoms with van der Waals surface area (Å²) < 4.78 is 12.4. The van der Waals surface area contributed by atoms with Crippen LogP contribution >= 0.6 is 0 Å². The number of aliphatic hydroxyl groups is 1. The number of rotatable bonds is 4. The lowest BCUT2D eigenvalue weighted by Crippen LogP contribution is -2.23. The Kier molecular flexibility index (Phi) is 3.57. The first-order valence-electron chi connectivity index (χ1n) is 4.11. The summed E-state index contributed by atoms with van der Waals surface area (Å²) in [5.74, 6) is -0.134. The zero-order chi connectivity index (χ0) is 9.68. The highest BCUT2D eigenvalue weighted by atomic mass is 19.1. The Balaban J connectivity index is 2.58. The van der Waals surface area contributed by atoms with Crippen molar-refractivity contribution in [3.05, 3.63) is 18.2 Å². The van der Waals surface area contributed by atoms with E-state index in [1.807, 2.05) is 6.92 Å². The number of halogens is 1. The van der Waals surface area contributed by atoms with E-state index in [-0.39, 0.29) is 12.6 Å². The largest absolute Gasteiger partial charge is 0.394 e. The normalized spacial score (nSPS) is 12.5. The number of aliphatic hydroxyl groups excluding tert-OH is 1. The Bertz CT molecular complexity index is 248. The molecule has 0 bridgehead atoms. The van der Waals surface area contributed by atoms with Crippen LogP contribution in [0.4, 0.5) is 10.3 Å². The molecule has 1 atom stereocenters. The van der Waals surface area contributed by atoms with Crippen LogP contribution in [-0.4, -0.2) is 27.7 Å². The summed E-state index contributed by atoms with van der Waals surface area (Å²) >= 11 is 0. The summed E-state index contributed by atoms with van der Waals surface area (Å²) in [6, 6.07) is -0.0783. The van der Waals surface area contributed by atoms with E-state index in [4.69, 9.17) is 5.11 Å². The molecular weight excluding hydrogens is 173 g/mol. The van der Waals surface area contributed by atoms with Crippen molar-refractivity contribution in [3.63, 3.8) is 0 Å². The Morgan fingerprint density at radius 1 is 1.54 bits per heavy atom. The van der Waals surface area contributed by atoms with Gasteiger partial charge in [0, 0.05) is 0 Å². The minimum Gasteiger partial charge on any atom is -0.394 e. The first-order chi connectivity index (χ1) is 6.26. The lowest BCUT2D eigenvalue weighted by molar-refractivity contribution is 0.271. The van der Waals surface area contributed by atoms with Crippen molar-refractivity contribution >= 4 is 5.95 Å². The maximum atomic E-state index is 12.4. The van der Waals surface area contributed by atoms with E-state index in [1.54, 1.807) is 0 Å². The molecule has 1 rings (SSSR count). The van der Waals surface area contributed by atoms with Gasteiger partial charge in [-0.15, -0.1) is 0 Å². The van der Waals surface area contributed by atoms with Crippen LogP contribution in [0.2, 0.25) is 0 Å². The molecular formula is C8H12FN3O. The highest BCUT2D eigenvalue weighted by Gasteiger charge is 2.05. The Morgan fingerprint density at radius 3 is 2.62 bits per heavy atom. The molecule has 0 fully saturated rings. The van der Waals surface area contributed by atoms with Crippen molar-refractivity contribution < 1.29 is 9.50 Å². The molecule has 13 heavy (non-hydrogen) atoms. The molecule has 0 aliphatic carbocycles. The van der Waals surface area contributed by atoms with E-state index >= 15 is 0 Å². The number of aromatic nitrogens is 2. The summed E-state index contributed by atoms with van der Waals surface area (Å²) in [6.45, 7) is 1.94. The molecule has 72 valence electrons. The quantitative estimate of drug-likeness (QED) is 0.728. The van der Waals surface area contributed by atoms with E-state index < -0.39 is 5.82 Å². The van der Waals surface area contributed by atoms with E-state index in [9.17, 15) is 4.39 Å². The molecule has 5 heteroatoms. The van der Waals surface area contributed by atoms with Crippen molar-refractivity contribution in [1.82, 2.24) is 9.97 Å². The molecule has 1 aromatic heterocycles. The van der Waals surface area contributed by atoms with Gasteiger partial charge in [0.25, 0.3) is 0 Å². The molecule has 0 spiro atoms. The molecule has 0 aliphatic heterocycles. The minimum absolute atomic E-state index is 0.0111. The SMILES string of the molecule is CC[C@@H](CO)Nc1ncc(F)cn1. The lowest BCUT2D eigenvalue weighted by Gasteiger charge is -2.12. The summed E-state index contributed by atoms with van der Waals surface area (Å²) in [7, 11) is 0. The second kappa shape index (κ2) is 4.71. The average Bonchev–Trinajstić information content (AvgIpc) is 2.17. The molecule has 0 saturated carbocycles. The van der Waals surface area contributed by atoms with Gasteiger partial charge in [-0.05, 0) is 6.42 Å². The number of nitrogens with one attached hydrogen (secondary N) is 1. The molecule has 4 nitrogen and oxygen atoms in total. The maximum Gasteiger partial charge on any atom is 0.223 e. The van der Waals surface area contributed by atoms with Gasteiger partial charge in [-0.25, -0.2) is 14.4 Å². The van der Waals surface area contributed by atoms with Crippen molar-refractivity contribution in [3.8, 4) is 0 Å². The number of anilines is 1. The first-order valence-corrected chi connectivity index (χ1v) is 4.11. The third-order valence-electron chi connectivity index (χ3n) is 1.67. The Labute approximate surface area is 75.8 Å². The fourth-order valence-electron chi connectivity index (χ4n) is 0.846. The van der Waals surface area contributed by atoms with Crippen LogP contribution in [0.3, 0.4) is 0 Å². The van der Waals surface area contributed by atoms with Gasteiger partial charge in [-0.3, -0.25) is 0 Å². The van der Waals surface area contributed by atoms with Crippen LogP contribution in [0.15, 0.2) is 12.4 Å². The summed E-state index contributed by atoms with van der Waals surface area (Å²) in [6.07, 6.45) is 2.93. The molecule has 0 aliphatic rings. The van der Waals surface area contributed by atoms with Gasteiger partial charge in [0.1, 0.15) is 0 Å². The summed E-state index contributed by atoms with van der Waals surface area (Å²) in [4.78, 5) is 7.41. The average molecular weight is 185 g/mol. The number of nitrogens with zero attached hydrogens (tertiary/aromatic N) is 2. The third kappa shape index (κ3) is 2.95. The molecule has 0 radical (unpaired) electrons. The van der Waals surface area contributed by atoms with Crippen molar-refractivity contribution in [2.45, 2.75) is 19.4 Å². The second-order valence-electron chi connectivity index (χ2n) is 2.66. The predicted octanol–water partition coefficient (Wildman–Crippen LogP) is 0.798. The standard InChI is InChI=1S/C8H12FN3O/c1-2-7(5-13)12-8-10-3-6(9)4-11-8/h3-4,7,13H,2,5H2,1H3,(H,10,11,12)/t7-/m0/s1. The van der Waals surface area contributed by atoms with Gasteiger partial charge >= 0.3 is 0 Å². The van der Waals surface area contributed by atoms with Gasteiger partial charge in [0.15, 0.2) is 5.82 Å². The maximum absolute atomic E-state index is 12.4. The van der Waals surface area contributed by atoms with Crippen LogP contribution in [0, 0.1) is 5.82 Å². The Hall–Kier alpha value is -1.23. The number of hydrogen-bond donors (Lipinski definition) is 2. The molecule has 1 heterocycles. The van der Waals surface area contributed by atoms with Crippen LogP contribution in [-0.2, 0) is 0 Å². The zero-order valence-electron chi connectivity index (χ0n) is 7.37. The molecule has 0 saturated heterocycles. The van der Waals surface area contributed by atoms with Gasteiger partial charge < -0.3 is 10.4 Å². The van der Waals surface area contributed by atoms with Gasteiger partial charge in [-0.1, -0.05) is 6.92 Å². The smallest absolute Gasteiger partial charge is 0.223 e. The highest BCUT2D eigenvalue weighted by Crippen LogP contribution is 2.02. The van der Waals surface area contributed by atoms with Crippen molar-refractivity contribution in [1.29, 1.82) is 0 Å². The molecule has 0 aromatic carbocycles. The van der Waals surface area contributed by atoms with Gasteiger partial charge in [0.2, 0.25) is 5.95 Å². The fourth-order valence-corrected chi connectivity index (χ4v) is 0.846. The monoisotopic (exact) mass is 185 g/mol. The highest BCUT2D eigenvalue weighted by molar-refractivity contribution is 5.24. The van der Waals surface area contributed by atoms with Crippen molar-refractivity contribution in [2.24, 2.45) is 0 Å². The predicted molar refractivity (Wildman–Crippen MR) is 46.8 cm³/mol. The summed E-state index contributed by atoms with van der Waals surface area (Å²) in [5, 5.41) is 11.7. The zero-order valence-corrected chi connectivity index (χ0v) is 7.37. The molecule has 1 aromatic rings. The van der Waals surface area contributed by atoms with E-state index in [2.05, 4.69) is 15.3 Å². The fraction of sp³-hybridized carbons (Fsp3) is 0.500. The lowest BCUT2D eigenvalue weighted by atomic mass is 10.2. The third-order valence-corrected chi connectivity index (χ3v) is 1.67. The second-order valence-corrected chi connectivity index (χ2v) is 2.66. The van der Waals surface area contributed by atoms with Gasteiger partial charge in [-0.2, -0.15) is 0 Å². The van der Waals surface area contributed by atoms with Crippen LogP contribution in [0.25, 0.3) is 0 Å². The van der Waals surface area contributed by atoms with E-state index in [0.29, 0.717) is 5.95 Å². The van der Waals surface area contributed by atoms with Crippen LogP contribution in [0.5, 0.6) is 0 Å². The van der Waals surface area contributed by atoms with E-state index in [0.717, 1.165) is 18.8 Å². The molecule has 0 unspecified atom stereocenters. The summed E-state index contributed by atoms with van der Waals surface area (Å²) in [5.41, 5.74) is 0. The van der Waals surface area contributed by atoms with Crippen molar-refractivity contribution in [2.75, 3.05) is 11.9 Å².